The first-order valence-corrected chi connectivity index (χ1v) is 12.4. The second kappa shape index (κ2) is 11.3. The van der Waals surface area contributed by atoms with E-state index in [2.05, 4.69) is 12.2 Å². The number of carbonyl (C=O) groups excluding carboxylic acids is 1. The number of aromatic hydroxyl groups is 1. The summed E-state index contributed by atoms with van der Waals surface area (Å²) in [6.45, 7) is 3.20. The minimum atomic E-state index is -1.20. The molecule has 0 spiro atoms. The van der Waals surface area contributed by atoms with Crippen molar-refractivity contribution in [1.29, 1.82) is 0 Å². The molecule has 0 saturated heterocycles. The summed E-state index contributed by atoms with van der Waals surface area (Å²) in [4.78, 5) is 37.2. The average molecular weight is 503 g/mol. The molecule has 1 atom stereocenters. The molecule has 8 heteroatoms. The molecule has 2 aromatic carbocycles. The Kier molecular flexibility index (Phi) is 7.89. The number of fused-ring (bicyclic) bond motifs is 2. The lowest BCUT2D eigenvalue weighted by Gasteiger charge is -2.18. The molecule has 1 heterocycles. The number of rotatable bonds is 10. The van der Waals surface area contributed by atoms with Gasteiger partial charge < -0.3 is 25.7 Å². The van der Waals surface area contributed by atoms with E-state index in [1.165, 1.54) is 30.3 Å². The van der Waals surface area contributed by atoms with E-state index in [4.69, 9.17) is 10.2 Å². The highest BCUT2D eigenvalue weighted by molar-refractivity contribution is 6.09. The number of carboxylic acids is 1. The molecule has 0 radical (unpaired) electrons. The first-order valence-electron chi connectivity index (χ1n) is 12.4. The average Bonchev–Trinajstić information content (AvgIpc) is 2.87. The Hall–Kier alpha value is -4.17. The normalized spacial score (nSPS) is 12.1. The molecule has 192 valence electrons. The third-order valence-corrected chi connectivity index (χ3v) is 6.57. The van der Waals surface area contributed by atoms with Crippen LogP contribution in [-0.4, -0.2) is 35.2 Å². The van der Waals surface area contributed by atoms with Gasteiger partial charge in [-0.2, -0.15) is 0 Å². The highest BCUT2D eigenvalue weighted by Gasteiger charge is 2.23. The smallest absolute Gasteiger partial charge is 0.336 e. The molecule has 4 rings (SSSR count). The van der Waals surface area contributed by atoms with Gasteiger partial charge in [-0.25, -0.2) is 4.79 Å². The van der Waals surface area contributed by atoms with Crippen LogP contribution >= 0.6 is 0 Å². The maximum absolute atomic E-state index is 12.9. The Balaban J connectivity index is 1.73. The number of hydrogen-bond donors (Lipinski definition) is 4. The van der Waals surface area contributed by atoms with Gasteiger partial charge in [-0.1, -0.05) is 25.8 Å². The standard InChI is InChI=1S/C29H30N2O6/c1-2-3-17(10-12-30)11-13-31-28(34)18-4-7-21(24(14-18)29(35)36)27-22-8-5-19(32)15-25(22)37-26-16-20(33)6-9-23(26)27/h4-9,14-17,32H,2-3,10-13,30H2,1H3,(H,31,34)(H,35,36). The molecule has 1 amide bonds. The van der Waals surface area contributed by atoms with E-state index < -0.39 is 5.97 Å². The Morgan fingerprint density at radius 2 is 1.78 bits per heavy atom. The van der Waals surface area contributed by atoms with Crippen LogP contribution in [0.1, 0.15) is 53.3 Å². The summed E-state index contributed by atoms with van der Waals surface area (Å²) in [5.41, 5.74) is 7.34. The van der Waals surface area contributed by atoms with Crippen LogP contribution in [0.2, 0.25) is 0 Å². The van der Waals surface area contributed by atoms with Crippen LogP contribution in [0.25, 0.3) is 33.4 Å². The molecule has 5 N–H and O–H groups in total. The first-order chi connectivity index (χ1) is 17.8. The minimum Gasteiger partial charge on any atom is -0.508 e. The van der Waals surface area contributed by atoms with E-state index in [0.29, 0.717) is 46.7 Å². The second-order valence-electron chi connectivity index (χ2n) is 9.16. The predicted molar refractivity (Wildman–Crippen MR) is 142 cm³/mol. The van der Waals surface area contributed by atoms with Crippen molar-refractivity contribution in [3.63, 3.8) is 0 Å². The summed E-state index contributed by atoms with van der Waals surface area (Å²) in [5, 5.41) is 23.5. The van der Waals surface area contributed by atoms with Crippen LogP contribution < -0.4 is 16.5 Å². The number of benzene rings is 3. The molecule has 2 aromatic rings. The van der Waals surface area contributed by atoms with Crippen LogP contribution in [0.3, 0.4) is 0 Å². The van der Waals surface area contributed by atoms with E-state index in [9.17, 15) is 24.6 Å². The van der Waals surface area contributed by atoms with Crippen molar-refractivity contribution in [2.45, 2.75) is 32.6 Å². The molecule has 37 heavy (non-hydrogen) atoms. The van der Waals surface area contributed by atoms with Crippen LogP contribution in [0.15, 0.2) is 63.8 Å². The molecule has 0 bridgehead atoms. The summed E-state index contributed by atoms with van der Waals surface area (Å²) in [7, 11) is 0. The van der Waals surface area contributed by atoms with Gasteiger partial charge in [0.15, 0.2) is 5.43 Å². The quantitative estimate of drug-likeness (QED) is 0.227. The zero-order valence-corrected chi connectivity index (χ0v) is 20.6. The zero-order chi connectivity index (χ0) is 26.5. The van der Waals surface area contributed by atoms with Crippen LogP contribution in [0.4, 0.5) is 0 Å². The van der Waals surface area contributed by atoms with E-state index in [-0.39, 0.29) is 34.0 Å². The number of phenols is 1. The molecule has 8 nitrogen and oxygen atoms in total. The van der Waals surface area contributed by atoms with Crippen molar-refractivity contribution in [1.82, 2.24) is 5.32 Å². The molecular weight excluding hydrogens is 472 g/mol. The first kappa shape index (κ1) is 25.9. The third-order valence-electron chi connectivity index (χ3n) is 6.57. The summed E-state index contributed by atoms with van der Waals surface area (Å²) in [6, 6.07) is 13.4. The summed E-state index contributed by atoms with van der Waals surface area (Å²) >= 11 is 0. The SMILES string of the molecule is CCCC(CCN)CCNC(=O)c1ccc(-c2c3ccc(=O)cc-3oc3cc(O)ccc23)c(C(=O)O)c1. The van der Waals surface area contributed by atoms with Gasteiger partial charge in [-0.05, 0) is 67.3 Å². The van der Waals surface area contributed by atoms with Crippen molar-refractivity contribution >= 4 is 22.8 Å². The van der Waals surface area contributed by atoms with E-state index in [1.54, 1.807) is 24.3 Å². The maximum atomic E-state index is 12.9. The summed E-state index contributed by atoms with van der Waals surface area (Å²) in [6.07, 6.45) is 3.80. The molecule has 1 aliphatic heterocycles. The number of phenolic OH excluding ortho intramolecular Hbond substituents is 1. The van der Waals surface area contributed by atoms with Crippen molar-refractivity contribution in [2.75, 3.05) is 13.1 Å². The summed E-state index contributed by atoms with van der Waals surface area (Å²) in [5.74, 6) is -0.880. The Labute approximate surface area is 214 Å². The van der Waals surface area contributed by atoms with Gasteiger partial charge in [0, 0.05) is 40.8 Å². The monoisotopic (exact) mass is 502 g/mol. The topological polar surface area (TPSA) is 143 Å². The molecule has 0 fully saturated rings. The number of aromatic carboxylic acids is 1. The number of nitrogens with one attached hydrogen (secondary N) is 1. The maximum Gasteiger partial charge on any atom is 0.336 e. The van der Waals surface area contributed by atoms with Gasteiger partial charge in [-0.3, -0.25) is 9.59 Å². The number of carboxylic acid groups (broad SMARTS) is 1. The van der Waals surface area contributed by atoms with Gasteiger partial charge in [0.05, 0.1) is 5.56 Å². The fourth-order valence-corrected chi connectivity index (χ4v) is 4.80. The number of hydrogen-bond acceptors (Lipinski definition) is 6. The fourth-order valence-electron chi connectivity index (χ4n) is 4.80. The Morgan fingerprint density at radius 3 is 2.51 bits per heavy atom. The highest BCUT2D eigenvalue weighted by atomic mass is 16.4. The molecule has 0 aromatic heterocycles. The van der Waals surface area contributed by atoms with Crippen LogP contribution in [0, 0.1) is 5.92 Å². The van der Waals surface area contributed by atoms with E-state index >= 15 is 0 Å². The van der Waals surface area contributed by atoms with Gasteiger partial charge in [0.25, 0.3) is 5.91 Å². The van der Waals surface area contributed by atoms with E-state index in [0.717, 1.165) is 25.7 Å². The lowest BCUT2D eigenvalue weighted by molar-refractivity contribution is 0.0697. The van der Waals surface area contributed by atoms with Gasteiger partial charge in [0.1, 0.15) is 17.1 Å². The van der Waals surface area contributed by atoms with Crippen LogP contribution in [0.5, 0.6) is 5.75 Å². The second-order valence-corrected chi connectivity index (χ2v) is 9.16. The zero-order valence-electron chi connectivity index (χ0n) is 20.6. The van der Waals surface area contributed by atoms with E-state index in [1.807, 2.05) is 0 Å². The molecule has 1 aliphatic carbocycles. The van der Waals surface area contributed by atoms with Gasteiger partial charge in [-0.15, -0.1) is 0 Å². The minimum absolute atomic E-state index is 0.0297. The number of carbonyl (C=O) groups is 2. The third kappa shape index (κ3) is 5.65. The predicted octanol–water partition coefficient (Wildman–Crippen LogP) is 4.85. The number of amides is 1. The van der Waals surface area contributed by atoms with Crippen molar-refractivity contribution in [2.24, 2.45) is 11.7 Å². The molecule has 2 aliphatic rings. The lowest BCUT2D eigenvalue weighted by atomic mass is 9.90. The van der Waals surface area contributed by atoms with Gasteiger partial charge >= 0.3 is 5.97 Å². The molecule has 1 unspecified atom stereocenters. The fraction of sp³-hybridized carbons (Fsp3) is 0.276. The van der Waals surface area contributed by atoms with Crippen molar-refractivity contribution < 1.29 is 24.2 Å². The van der Waals surface area contributed by atoms with Crippen molar-refractivity contribution in [3.8, 4) is 28.2 Å². The molecule has 0 saturated carbocycles. The van der Waals surface area contributed by atoms with Crippen LogP contribution in [-0.2, 0) is 0 Å². The molecular formula is C29H30N2O6. The lowest BCUT2D eigenvalue weighted by Crippen LogP contribution is -2.26. The highest BCUT2D eigenvalue weighted by Crippen LogP contribution is 2.42. The Bertz CT molecular complexity index is 1470. The van der Waals surface area contributed by atoms with Gasteiger partial charge in [0.2, 0.25) is 0 Å². The largest absolute Gasteiger partial charge is 0.508 e. The summed E-state index contributed by atoms with van der Waals surface area (Å²) < 4.78 is 5.85. The van der Waals surface area contributed by atoms with Crippen molar-refractivity contribution in [3.05, 3.63) is 75.9 Å². The Morgan fingerprint density at radius 1 is 1.00 bits per heavy atom. The number of nitrogens with two attached hydrogens (primary N) is 1.